The van der Waals surface area contributed by atoms with Crippen LogP contribution in [0.25, 0.3) is 16.8 Å². The Labute approximate surface area is 251 Å². The van der Waals surface area contributed by atoms with Crippen LogP contribution in [0.5, 0.6) is 0 Å². The maximum absolute atomic E-state index is 14.1. The largest absolute Gasteiger partial charge is 0.416 e. The fourth-order valence-corrected chi connectivity index (χ4v) is 7.51. The predicted molar refractivity (Wildman–Crippen MR) is 155 cm³/mol. The van der Waals surface area contributed by atoms with Crippen LogP contribution in [0.1, 0.15) is 62.5 Å². The molecule has 3 aromatic heterocycles. The Bertz CT molecular complexity index is 1650. The number of pyridine rings is 1. The molecule has 0 spiro atoms. The van der Waals surface area contributed by atoms with Crippen molar-refractivity contribution < 1.29 is 26.7 Å². The zero-order valence-corrected chi connectivity index (χ0v) is 24.9. The SMILES string of the molecule is Cc1nc2c(N3C[C@@H](C)N(C(c4ccc(C(F)(F)F)cc4)C4CC(F)(F)C4)C[C@@H]3C)cc3nncn3c2n1C[C@@H]1CCCO1. The minimum absolute atomic E-state index is 0.0408. The van der Waals surface area contributed by atoms with E-state index in [9.17, 15) is 22.0 Å². The second-order valence-corrected chi connectivity index (χ2v) is 12.8. The number of hydrogen-bond donors (Lipinski definition) is 0. The number of imidazole rings is 1. The van der Waals surface area contributed by atoms with Crippen LogP contribution < -0.4 is 4.90 Å². The molecule has 236 valence electrons. The third kappa shape index (κ3) is 5.11. The summed E-state index contributed by atoms with van der Waals surface area (Å²) in [4.78, 5) is 9.51. The van der Waals surface area contributed by atoms with E-state index in [2.05, 4.69) is 38.4 Å². The van der Waals surface area contributed by atoms with Crippen molar-refractivity contribution in [2.75, 3.05) is 24.6 Å². The van der Waals surface area contributed by atoms with Crippen molar-refractivity contribution in [2.24, 2.45) is 5.92 Å². The van der Waals surface area contributed by atoms with Crippen LogP contribution in [0.3, 0.4) is 0 Å². The molecule has 0 radical (unpaired) electrons. The van der Waals surface area contributed by atoms with E-state index in [-0.39, 0.29) is 36.9 Å². The van der Waals surface area contributed by atoms with Crippen LogP contribution in [0.15, 0.2) is 36.7 Å². The molecule has 3 fully saturated rings. The zero-order chi connectivity index (χ0) is 31.0. The van der Waals surface area contributed by atoms with Gasteiger partial charge in [-0.3, -0.25) is 9.30 Å². The maximum Gasteiger partial charge on any atom is 0.416 e. The van der Waals surface area contributed by atoms with Gasteiger partial charge in [-0.15, -0.1) is 10.2 Å². The lowest BCUT2D eigenvalue weighted by molar-refractivity contribution is -0.138. The molecule has 1 aromatic carbocycles. The Balaban J connectivity index is 1.22. The monoisotopic (exact) mass is 617 g/mol. The molecular weight excluding hydrogens is 581 g/mol. The number of hydrogen-bond acceptors (Lipinski definition) is 6. The number of aromatic nitrogens is 5. The average molecular weight is 618 g/mol. The molecule has 1 saturated carbocycles. The number of ether oxygens (including phenoxy) is 1. The van der Waals surface area contributed by atoms with Gasteiger partial charge in [0.2, 0.25) is 5.92 Å². The zero-order valence-electron chi connectivity index (χ0n) is 24.9. The van der Waals surface area contributed by atoms with Gasteiger partial charge in [0.1, 0.15) is 23.3 Å². The average Bonchev–Trinajstić information content (AvgIpc) is 3.70. The summed E-state index contributed by atoms with van der Waals surface area (Å²) >= 11 is 0. The van der Waals surface area contributed by atoms with Crippen molar-refractivity contribution in [3.63, 3.8) is 0 Å². The molecule has 3 aliphatic rings. The fourth-order valence-electron chi connectivity index (χ4n) is 7.51. The molecule has 0 N–H and O–H groups in total. The number of benzene rings is 1. The van der Waals surface area contributed by atoms with E-state index in [4.69, 9.17) is 9.72 Å². The second kappa shape index (κ2) is 10.6. The number of aryl methyl sites for hydroxylation is 1. The van der Waals surface area contributed by atoms with Crippen molar-refractivity contribution >= 4 is 22.5 Å². The van der Waals surface area contributed by atoms with Crippen molar-refractivity contribution in [3.05, 3.63) is 53.6 Å². The van der Waals surface area contributed by atoms with E-state index >= 15 is 0 Å². The summed E-state index contributed by atoms with van der Waals surface area (Å²) in [5.41, 5.74) is 3.25. The Hall–Kier alpha value is -3.32. The first-order chi connectivity index (χ1) is 20.9. The van der Waals surface area contributed by atoms with E-state index in [1.54, 1.807) is 6.33 Å². The van der Waals surface area contributed by atoms with E-state index in [1.807, 2.05) is 17.4 Å². The molecule has 0 bridgehead atoms. The molecule has 44 heavy (non-hydrogen) atoms. The van der Waals surface area contributed by atoms with Gasteiger partial charge in [-0.25, -0.2) is 13.8 Å². The Morgan fingerprint density at radius 2 is 1.82 bits per heavy atom. The molecule has 2 saturated heterocycles. The molecule has 2 aliphatic heterocycles. The summed E-state index contributed by atoms with van der Waals surface area (Å²) in [5.74, 6) is -2.23. The van der Waals surface area contributed by atoms with E-state index in [0.717, 1.165) is 54.3 Å². The van der Waals surface area contributed by atoms with Gasteiger partial charge in [0.15, 0.2) is 5.65 Å². The van der Waals surface area contributed by atoms with Gasteiger partial charge in [-0.1, -0.05) is 12.1 Å². The third-order valence-corrected chi connectivity index (χ3v) is 9.70. The van der Waals surface area contributed by atoms with Gasteiger partial charge in [-0.2, -0.15) is 13.2 Å². The molecule has 13 heteroatoms. The van der Waals surface area contributed by atoms with Crippen molar-refractivity contribution in [1.29, 1.82) is 0 Å². The van der Waals surface area contributed by atoms with Gasteiger partial charge in [0, 0.05) is 56.7 Å². The van der Waals surface area contributed by atoms with Gasteiger partial charge < -0.3 is 14.2 Å². The van der Waals surface area contributed by atoms with Gasteiger partial charge in [0.25, 0.3) is 0 Å². The predicted octanol–water partition coefficient (Wildman–Crippen LogP) is 6.27. The van der Waals surface area contributed by atoms with E-state index < -0.39 is 23.7 Å². The Morgan fingerprint density at radius 3 is 2.48 bits per heavy atom. The van der Waals surface area contributed by atoms with Gasteiger partial charge >= 0.3 is 6.18 Å². The first-order valence-corrected chi connectivity index (χ1v) is 15.3. The number of fused-ring (bicyclic) bond motifs is 3. The highest BCUT2D eigenvalue weighted by Gasteiger charge is 2.51. The molecule has 0 amide bonds. The summed E-state index contributed by atoms with van der Waals surface area (Å²) in [6, 6.07) is 6.50. The van der Waals surface area contributed by atoms with Crippen LogP contribution >= 0.6 is 0 Å². The van der Waals surface area contributed by atoms with Crippen LogP contribution in [-0.2, 0) is 17.5 Å². The first-order valence-electron chi connectivity index (χ1n) is 15.3. The molecule has 1 aliphatic carbocycles. The summed E-state index contributed by atoms with van der Waals surface area (Å²) in [5, 5.41) is 8.54. The lowest BCUT2D eigenvalue weighted by atomic mass is 9.73. The van der Waals surface area contributed by atoms with Crippen LogP contribution in [0, 0.1) is 12.8 Å². The van der Waals surface area contributed by atoms with Crippen LogP contribution in [0.4, 0.5) is 27.6 Å². The quantitative estimate of drug-likeness (QED) is 0.238. The molecule has 7 rings (SSSR count). The maximum atomic E-state index is 14.1. The molecule has 4 aromatic rings. The first kappa shape index (κ1) is 29.4. The Morgan fingerprint density at radius 1 is 1.07 bits per heavy atom. The highest BCUT2D eigenvalue weighted by Crippen LogP contribution is 2.51. The number of alkyl halides is 5. The topological polar surface area (TPSA) is 63.7 Å². The summed E-state index contributed by atoms with van der Waals surface area (Å²) in [7, 11) is 0. The lowest BCUT2D eigenvalue weighted by Gasteiger charge is -2.52. The standard InChI is InChI=1S/C31H36F5N7O/c1-18-15-41(28(22-12-30(32,33)13-22)21-6-8-23(9-7-21)31(34,35)36)19(2)14-40(18)25-11-26-39-37-17-43(26)29-27(25)38-20(3)42(29)16-24-5-4-10-44-24/h6-9,11,17-19,22,24,28H,4-5,10,12-16H2,1-3H3/t18-,19+,24-,28?/m0/s1. The second-order valence-electron chi connectivity index (χ2n) is 12.8. The van der Waals surface area contributed by atoms with Crippen molar-refractivity contribution in [1.82, 2.24) is 29.0 Å². The molecule has 5 heterocycles. The van der Waals surface area contributed by atoms with Crippen molar-refractivity contribution in [2.45, 2.75) is 89.3 Å². The highest BCUT2D eigenvalue weighted by atomic mass is 19.4. The fraction of sp³-hybridized carbons (Fsp3) is 0.581. The van der Waals surface area contributed by atoms with Crippen LogP contribution in [-0.4, -0.2) is 72.9 Å². The van der Waals surface area contributed by atoms with E-state index in [0.29, 0.717) is 30.8 Å². The third-order valence-electron chi connectivity index (χ3n) is 9.70. The minimum atomic E-state index is -4.46. The van der Waals surface area contributed by atoms with Gasteiger partial charge in [-0.05, 0) is 57.2 Å². The summed E-state index contributed by atoms with van der Waals surface area (Å²) in [6.07, 6.45) is -1.16. The molecule has 8 nitrogen and oxygen atoms in total. The summed E-state index contributed by atoms with van der Waals surface area (Å²) in [6.45, 7) is 8.70. The number of piperazine rings is 1. The number of rotatable bonds is 6. The normalized spacial score (nSPS) is 25.6. The number of halogens is 5. The summed E-state index contributed by atoms with van der Waals surface area (Å²) < 4.78 is 78.2. The highest BCUT2D eigenvalue weighted by molar-refractivity contribution is 5.90. The lowest BCUT2D eigenvalue weighted by Crippen LogP contribution is -2.59. The van der Waals surface area contributed by atoms with Crippen LogP contribution in [0.2, 0.25) is 0 Å². The minimum Gasteiger partial charge on any atom is -0.376 e. The molecular formula is C31H36F5N7O. The Kier molecular flexibility index (Phi) is 7.11. The smallest absolute Gasteiger partial charge is 0.376 e. The van der Waals surface area contributed by atoms with Crippen molar-refractivity contribution in [3.8, 4) is 0 Å². The van der Waals surface area contributed by atoms with Gasteiger partial charge in [0.05, 0.1) is 23.9 Å². The number of nitrogens with zero attached hydrogens (tertiary/aromatic N) is 7. The molecule has 1 unspecified atom stereocenters. The molecule has 4 atom stereocenters. The number of anilines is 1. The van der Waals surface area contributed by atoms with E-state index in [1.165, 1.54) is 12.1 Å².